The van der Waals surface area contributed by atoms with E-state index in [2.05, 4.69) is 34.2 Å². The van der Waals surface area contributed by atoms with Crippen LogP contribution in [0.5, 0.6) is 0 Å². The quantitative estimate of drug-likeness (QED) is 0.456. The van der Waals surface area contributed by atoms with Crippen molar-refractivity contribution >= 4 is 51.4 Å². The van der Waals surface area contributed by atoms with Gasteiger partial charge in [0.05, 0.1) is 28.7 Å². The van der Waals surface area contributed by atoms with Crippen molar-refractivity contribution in [3.8, 4) is 0 Å². The Labute approximate surface area is 215 Å². The Hall–Kier alpha value is -2.82. The molecular formula is C25H23ClF3N5OS. The molecule has 5 rings (SSSR count). The topological polar surface area (TPSA) is 62.5 Å². The molecule has 1 amide bonds. The molecule has 2 aliphatic heterocycles. The Morgan fingerprint density at radius 3 is 2.81 bits per heavy atom. The number of piperazine rings is 1. The first kappa shape index (κ1) is 24.9. The lowest BCUT2D eigenvalue weighted by Gasteiger charge is -2.38. The van der Waals surface area contributed by atoms with Crippen LogP contribution in [0.15, 0.2) is 52.5 Å². The van der Waals surface area contributed by atoms with Crippen LogP contribution in [0.25, 0.3) is 17.0 Å². The molecule has 2 unspecified atom stereocenters. The van der Waals surface area contributed by atoms with E-state index in [1.54, 1.807) is 18.3 Å². The molecule has 3 heterocycles. The number of amides is 1. The molecule has 6 nitrogen and oxygen atoms in total. The van der Waals surface area contributed by atoms with Gasteiger partial charge in [-0.3, -0.25) is 9.48 Å². The summed E-state index contributed by atoms with van der Waals surface area (Å²) in [5, 5.41) is 9.22. The molecule has 1 N–H and O–H groups in total. The number of nitrogens with zero attached hydrogens (tertiary/aromatic N) is 4. The van der Waals surface area contributed by atoms with Crippen LogP contribution < -0.4 is 5.32 Å². The van der Waals surface area contributed by atoms with Gasteiger partial charge in [0.25, 0.3) is 5.91 Å². The van der Waals surface area contributed by atoms with Crippen LogP contribution in [0, 0.1) is 0 Å². The fourth-order valence-electron chi connectivity index (χ4n) is 4.39. The lowest BCUT2D eigenvalue weighted by atomic mass is 10.1. The minimum Gasteiger partial charge on any atom is -0.345 e. The average Bonchev–Trinajstić information content (AvgIpc) is 3.39. The van der Waals surface area contributed by atoms with Gasteiger partial charge in [-0.1, -0.05) is 23.7 Å². The van der Waals surface area contributed by atoms with Gasteiger partial charge in [-0.2, -0.15) is 23.3 Å². The highest BCUT2D eigenvalue weighted by atomic mass is 35.5. The average molecular weight is 534 g/mol. The number of carbonyl (C=O) groups is 1. The number of fused-ring (bicyclic) bond motifs is 1. The van der Waals surface area contributed by atoms with E-state index in [0.29, 0.717) is 21.6 Å². The molecule has 0 aliphatic carbocycles. The van der Waals surface area contributed by atoms with E-state index in [9.17, 15) is 18.0 Å². The summed E-state index contributed by atoms with van der Waals surface area (Å²) in [5.41, 5.74) is 0.780. The molecule has 0 bridgehead atoms. The number of hydrogen-bond acceptors (Lipinski definition) is 5. The highest BCUT2D eigenvalue weighted by molar-refractivity contribution is 8.18. The second-order valence-electron chi connectivity index (χ2n) is 9.04. The van der Waals surface area contributed by atoms with Gasteiger partial charge in [-0.05, 0) is 67.1 Å². The van der Waals surface area contributed by atoms with Crippen molar-refractivity contribution in [2.45, 2.75) is 38.7 Å². The largest absolute Gasteiger partial charge is 0.416 e. The van der Waals surface area contributed by atoms with Crippen LogP contribution in [0.4, 0.5) is 13.2 Å². The molecule has 11 heteroatoms. The fourth-order valence-corrected chi connectivity index (χ4v) is 5.59. The van der Waals surface area contributed by atoms with E-state index in [1.165, 1.54) is 28.6 Å². The van der Waals surface area contributed by atoms with E-state index in [0.717, 1.165) is 30.1 Å². The van der Waals surface area contributed by atoms with Crippen molar-refractivity contribution in [2.24, 2.45) is 4.99 Å². The second-order valence-corrected chi connectivity index (χ2v) is 10.5. The molecule has 0 spiro atoms. The summed E-state index contributed by atoms with van der Waals surface area (Å²) in [6, 6.07) is 9.77. The molecule has 1 saturated heterocycles. The summed E-state index contributed by atoms with van der Waals surface area (Å²) in [6.07, 6.45) is -1.12. The number of carbonyl (C=O) groups excluding carboxylic acids is 1. The van der Waals surface area contributed by atoms with Crippen LogP contribution in [-0.4, -0.2) is 50.9 Å². The van der Waals surface area contributed by atoms with Crippen LogP contribution in [0.3, 0.4) is 0 Å². The van der Waals surface area contributed by atoms with Crippen molar-refractivity contribution < 1.29 is 18.0 Å². The molecule has 2 aliphatic rings. The monoisotopic (exact) mass is 533 g/mol. The van der Waals surface area contributed by atoms with E-state index in [4.69, 9.17) is 11.6 Å². The SMILES string of the molecule is CC1CN(C2=NC(=O)C(=Cc3ccc4c(cnn4Cc4ccc(Cl)cc4C(F)(F)F)c3)S2)C(C)CN1. The number of thioether (sulfide) groups is 1. The standard InChI is InChI=1S/C25H23ClF3N5OS/c1-14-12-33(15(2)10-30-14)24-32-23(35)22(36-24)8-16-3-6-21-18(7-16)11-31-34(21)13-17-4-5-19(26)9-20(17)25(27,28)29/h3-9,11,14-15,30H,10,12-13H2,1-2H3. The maximum absolute atomic E-state index is 13.5. The molecule has 0 saturated carbocycles. The Kier molecular flexibility index (Phi) is 6.61. The molecular weight excluding hydrogens is 511 g/mol. The van der Waals surface area contributed by atoms with Crippen LogP contribution in [0.2, 0.25) is 5.02 Å². The first-order chi connectivity index (χ1) is 17.1. The first-order valence-corrected chi connectivity index (χ1v) is 12.6. The highest BCUT2D eigenvalue weighted by Gasteiger charge is 2.34. The third-order valence-corrected chi connectivity index (χ3v) is 7.54. The Morgan fingerprint density at radius 1 is 1.22 bits per heavy atom. The smallest absolute Gasteiger partial charge is 0.345 e. The molecule has 0 radical (unpaired) electrons. The zero-order valence-corrected chi connectivity index (χ0v) is 21.1. The number of alkyl halides is 3. The van der Waals surface area contributed by atoms with Crippen molar-refractivity contribution in [3.05, 3.63) is 69.2 Å². The predicted molar refractivity (Wildman–Crippen MR) is 137 cm³/mol. The highest BCUT2D eigenvalue weighted by Crippen LogP contribution is 2.35. The van der Waals surface area contributed by atoms with Crippen LogP contribution in [-0.2, 0) is 17.5 Å². The number of aliphatic imine (C=N–C) groups is 1. The molecule has 36 heavy (non-hydrogen) atoms. The van der Waals surface area contributed by atoms with Crippen molar-refractivity contribution in [3.63, 3.8) is 0 Å². The summed E-state index contributed by atoms with van der Waals surface area (Å²) in [7, 11) is 0. The maximum Gasteiger partial charge on any atom is 0.416 e. The van der Waals surface area contributed by atoms with Gasteiger partial charge in [-0.25, -0.2) is 0 Å². The normalized spacial score (nSPS) is 22.1. The van der Waals surface area contributed by atoms with E-state index < -0.39 is 11.7 Å². The number of hydrogen-bond donors (Lipinski definition) is 1. The summed E-state index contributed by atoms with van der Waals surface area (Å²) in [6.45, 7) is 5.76. The number of rotatable bonds is 3. The van der Waals surface area contributed by atoms with Gasteiger partial charge in [-0.15, -0.1) is 0 Å². The number of benzene rings is 2. The summed E-state index contributed by atoms with van der Waals surface area (Å²) in [4.78, 5) is 19.6. The predicted octanol–water partition coefficient (Wildman–Crippen LogP) is 5.41. The molecule has 2 aromatic carbocycles. The van der Waals surface area contributed by atoms with E-state index in [-0.39, 0.29) is 29.1 Å². The summed E-state index contributed by atoms with van der Waals surface area (Å²) in [5.74, 6) is -0.272. The maximum atomic E-state index is 13.5. The lowest BCUT2D eigenvalue weighted by molar-refractivity contribution is -0.138. The summed E-state index contributed by atoms with van der Waals surface area (Å²) >= 11 is 7.16. The van der Waals surface area contributed by atoms with Gasteiger partial charge in [0.15, 0.2) is 5.17 Å². The van der Waals surface area contributed by atoms with Gasteiger partial charge >= 0.3 is 6.18 Å². The minimum atomic E-state index is -4.52. The number of nitrogens with one attached hydrogen (secondary N) is 1. The molecule has 1 aromatic heterocycles. The third-order valence-electron chi connectivity index (χ3n) is 6.28. The Balaban J connectivity index is 1.37. The number of aromatic nitrogens is 2. The van der Waals surface area contributed by atoms with Gasteiger partial charge < -0.3 is 10.2 Å². The third kappa shape index (κ3) is 5.02. The molecule has 1 fully saturated rings. The first-order valence-electron chi connectivity index (χ1n) is 11.4. The minimum absolute atomic E-state index is 0.0291. The van der Waals surface area contributed by atoms with Gasteiger partial charge in [0.2, 0.25) is 0 Å². The van der Waals surface area contributed by atoms with Crippen LogP contribution in [0.1, 0.15) is 30.5 Å². The second kappa shape index (κ2) is 9.57. The lowest BCUT2D eigenvalue weighted by Crippen LogP contribution is -2.55. The zero-order chi connectivity index (χ0) is 25.6. The zero-order valence-electron chi connectivity index (χ0n) is 19.5. The van der Waals surface area contributed by atoms with Crippen molar-refractivity contribution in [1.29, 1.82) is 0 Å². The van der Waals surface area contributed by atoms with E-state index >= 15 is 0 Å². The Morgan fingerprint density at radius 2 is 2.03 bits per heavy atom. The fraction of sp³-hybridized carbons (Fsp3) is 0.320. The number of amidine groups is 1. The van der Waals surface area contributed by atoms with Crippen molar-refractivity contribution in [1.82, 2.24) is 20.0 Å². The van der Waals surface area contributed by atoms with E-state index in [1.807, 2.05) is 12.1 Å². The van der Waals surface area contributed by atoms with Crippen LogP contribution >= 0.6 is 23.4 Å². The van der Waals surface area contributed by atoms with Crippen molar-refractivity contribution in [2.75, 3.05) is 13.1 Å². The molecule has 2 atom stereocenters. The Bertz CT molecular complexity index is 1400. The van der Waals surface area contributed by atoms with Gasteiger partial charge in [0, 0.05) is 35.6 Å². The summed E-state index contributed by atoms with van der Waals surface area (Å²) < 4.78 is 42.0. The molecule has 3 aromatic rings. The number of halogens is 4. The molecule has 188 valence electrons. The van der Waals surface area contributed by atoms with Gasteiger partial charge in [0.1, 0.15) is 0 Å².